The number of nitrogens with zero attached hydrogens (tertiary/aromatic N) is 1. The Balaban J connectivity index is 1.62. The van der Waals surface area contributed by atoms with E-state index in [2.05, 4.69) is 0 Å². The van der Waals surface area contributed by atoms with Crippen LogP contribution in [0.3, 0.4) is 0 Å². The number of nitro benzene ring substituents is 1. The topological polar surface area (TPSA) is 82.6 Å². The Morgan fingerprint density at radius 2 is 1.85 bits per heavy atom. The van der Waals surface area contributed by atoms with Crippen molar-refractivity contribution < 1.29 is 23.3 Å². The standard InChI is InChI=1S/C20H14FNO5/c21-15-7-5-14(6-8-15)19(23)12-11-16-9-10-17(27-16)13-26-20-4-2-1-3-18(20)22(24)25/h1-12H,13H2/b12-11+. The predicted molar refractivity (Wildman–Crippen MR) is 95.9 cm³/mol. The van der Waals surface area contributed by atoms with Crippen LogP contribution in [0, 0.1) is 15.9 Å². The number of ether oxygens (including phenoxy) is 1. The van der Waals surface area contributed by atoms with Crippen LogP contribution in [0.5, 0.6) is 5.75 Å². The number of nitro groups is 1. The van der Waals surface area contributed by atoms with Gasteiger partial charge in [-0.25, -0.2) is 4.39 Å². The molecule has 0 bridgehead atoms. The zero-order chi connectivity index (χ0) is 19.2. The van der Waals surface area contributed by atoms with Crippen LogP contribution in [0.2, 0.25) is 0 Å². The number of carbonyl (C=O) groups is 1. The molecule has 3 aromatic rings. The van der Waals surface area contributed by atoms with E-state index in [1.54, 1.807) is 24.3 Å². The highest BCUT2D eigenvalue weighted by Crippen LogP contribution is 2.26. The number of ketones is 1. The van der Waals surface area contributed by atoms with Gasteiger partial charge in [0, 0.05) is 11.6 Å². The zero-order valence-electron chi connectivity index (χ0n) is 14.0. The molecule has 0 aliphatic carbocycles. The van der Waals surface area contributed by atoms with Crippen LogP contribution in [0.4, 0.5) is 10.1 Å². The van der Waals surface area contributed by atoms with Crippen molar-refractivity contribution in [2.45, 2.75) is 6.61 Å². The number of rotatable bonds is 7. The zero-order valence-corrected chi connectivity index (χ0v) is 14.0. The van der Waals surface area contributed by atoms with Gasteiger partial charge in [-0.1, -0.05) is 12.1 Å². The summed E-state index contributed by atoms with van der Waals surface area (Å²) in [6, 6.07) is 14.6. The highest BCUT2D eigenvalue weighted by Gasteiger charge is 2.14. The van der Waals surface area contributed by atoms with Gasteiger partial charge in [0.15, 0.2) is 11.5 Å². The van der Waals surface area contributed by atoms with Crippen LogP contribution in [0.15, 0.2) is 71.2 Å². The monoisotopic (exact) mass is 367 g/mol. The number of carbonyl (C=O) groups excluding carboxylic acids is 1. The average Bonchev–Trinajstić information content (AvgIpc) is 3.13. The molecule has 7 heteroatoms. The van der Waals surface area contributed by atoms with E-state index in [-0.39, 0.29) is 23.8 Å². The van der Waals surface area contributed by atoms with E-state index >= 15 is 0 Å². The van der Waals surface area contributed by atoms with Crippen LogP contribution in [-0.4, -0.2) is 10.7 Å². The summed E-state index contributed by atoms with van der Waals surface area (Å²) in [5.74, 6) is 0.310. The number of hydrogen-bond donors (Lipinski definition) is 0. The minimum atomic E-state index is -0.521. The molecular formula is C20H14FNO5. The van der Waals surface area contributed by atoms with Gasteiger partial charge in [0.05, 0.1) is 4.92 Å². The maximum Gasteiger partial charge on any atom is 0.310 e. The minimum absolute atomic E-state index is 0.00457. The van der Waals surface area contributed by atoms with E-state index < -0.39 is 10.7 Å². The molecule has 0 spiro atoms. The summed E-state index contributed by atoms with van der Waals surface area (Å²) in [6.07, 6.45) is 2.80. The molecule has 6 nitrogen and oxygen atoms in total. The van der Waals surface area contributed by atoms with E-state index in [0.29, 0.717) is 17.1 Å². The molecule has 0 amide bonds. The predicted octanol–water partition coefficient (Wildman–Crippen LogP) is 4.80. The van der Waals surface area contributed by atoms with Crippen molar-refractivity contribution in [1.82, 2.24) is 0 Å². The second-order valence-corrected chi connectivity index (χ2v) is 5.52. The lowest BCUT2D eigenvalue weighted by atomic mass is 10.1. The van der Waals surface area contributed by atoms with Gasteiger partial charge in [-0.3, -0.25) is 14.9 Å². The smallest absolute Gasteiger partial charge is 0.310 e. The quantitative estimate of drug-likeness (QED) is 0.259. The van der Waals surface area contributed by atoms with E-state index in [1.165, 1.54) is 48.6 Å². The highest BCUT2D eigenvalue weighted by atomic mass is 19.1. The largest absolute Gasteiger partial charge is 0.479 e. The fraction of sp³-hybridized carbons (Fsp3) is 0.0500. The van der Waals surface area contributed by atoms with Gasteiger partial charge in [0.2, 0.25) is 0 Å². The van der Waals surface area contributed by atoms with Gasteiger partial charge in [0.25, 0.3) is 0 Å². The first-order chi connectivity index (χ1) is 13.0. The SMILES string of the molecule is O=C(/C=C/c1ccc(COc2ccccc2[N+](=O)[O-])o1)c1ccc(F)cc1. The van der Waals surface area contributed by atoms with Crippen molar-refractivity contribution in [1.29, 1.82) is 0 Å². The van der Waals surface area contributed by atoms with E-state index in [4.69, 9.17) is 9.15 Å². The van der Waals surface area contributed by atoms with Crippen LogP contribution in [-0.2, 0) is 6.61 Å². The van der Waals surface area contributed by atoms with Gasteiger partial charge in [-0.05, 0) is 54.6 Å². The molecule has 0 saturated carbocycles. The molecule has 2 aromatic carbocycles. The third-order valence-corrected chi connectivity index (χ3v) is 3.64. The van der Waals surface area contributed by atoms with Crippen LogP contribution >= 0.6 is 0 Å². The van der Waals surface area contributed by atoms with Gasteiger partial charge in [-0.2, -0.15) is 0 Å². The van der Waals surface area contributed by atoms with Crippen LogP contribution < -0.4 is 4.74 Å². The maximum absolute atomic E-state index is 12.9. The molecule has 136 valence electrons. The first kappa shape index (κ1) is 18.1. The van der Waals surface area contributed by atoms with Crippen LogP contribution in [0.25, 0.3) is 6.08 Å². The van der Waals surface area contributed by atoms with Crippen molar-refractivity contribution in [2.75, 3.05) is 0 Å². The molecule has 3 rings (SSSR count). The summed E-state index contributed by atoms with van der Waals surface area (Å²) in [4.78, 5) is 22.4. The number of benzene rings is 2. The molecule has 1 aromatic heterocycles. The highest BCUT2D eigenvalue weighted by molar-refractivity contribution is 6.06. The number of allylic oxidation sites excluding steroid dienone is 1. The summed E-state index contributed by atoms with van der Waals surface area (Å²) in [5, 5.41) is 11.0. The first-order valence-corrected chi connectivity index (χ1v) is 7.96. The van der Waals surface area contributed by atoms with Gasteiger partial charge >= 0.3 is 5.69 Å². The Kier molecular flexibility index (Phi) is 5.41. The summed E-state index contributed by atoms with van der Waals surface area (Å²) < 4.78 is 23.8. The molecule has 27 heavy (non-hydrogen) atoms. The fourth-order valence-corrected chi connectivity index (χ4v) is 2.31. The number of hydrogen-bond acceptors (Lipinski definition) is 5. The maximum atomic E-state index is 12.9. The van der Waals surface area contributed by atoms with E-state index in [1.807, 2.05) is 0 Å². The Morgan fingerprint density at radius 3 is 2.59 bits per heavy atom. The minimum Gasteiger partial charge on any atom is -0.479 e. The average molecular weight is 367 g/mol. The second kappa shape index (κ2) is 8.09. The number of halogens is 1. The molecule has 0 aliphatic heterocycles. The molecule has 0 atom stereocenters. The lowest BCUT2D eigenvalue weighted by Gasteiger charge is -2.04. The molecule has 0 aliphatic rings. The summed E-state index contributed by atoms with van der Waals surface area (Å²) >= 11 is 0. The van der Waals surface area contributed by atoms with Gasteiger partial charge < -0.3 is 9.15 Å². The molecule has 0 saturated heterocycles. The number of furan rings is 1. The van der Waals surface area contributed by atoms with Gasteiger partial charge in [-0.15, -0.1) is 0 Å². The molecule has 0 N–H and O–H groups in total. The van der Waals surface area contributed by atoms with Gasteiger partial charge in [0.1, 0.15) is 23.9 Å². The first-order valence-electron chi connectivity index (χ1n) is 7.96. The van der Waals surface area contributed by atoms with Crippen LogP contribution in [0.1, 0.15) is 21.9 Å². The summed E-state index contributed by atoms with van der Waals surface area (Å²) in [5.41, 5.74) is 0.230. The lowest BCUT2D eigenvalue weighted by Crippen LogP contribution is -1.97. The van der Waals surface area contributed by atoms with Crippen molar-refractivity contribution in [3.8, 4) is 5.75 Å². The van der Waals surface area contributed by atoms with Crippen molar-refractivity contribution in [3.63, 3.8) is 0 Å². The Bertz CT molecular complexity index is 992. The third kappa shape index (κ3) is 4.66. The summed E-state index contributed by atoms with van der Waals surface area (Å²) in [7, 11) is 0. The molecule has 0 radical (unpaired) electrons. The van der Waals surface area contributed by atoms with Crippen molar-refractivity contribution >= 4 is 17.5 Å². The Hall–Kier alpha value is -3.74. The normalized spacial score (nSPS) is 10.9. The molecule has 0 unspecified atom stereocenters. The third-order valence-electron chi connectivity index (χ3n) is 3.64. The van der Waals surface area contributed by atoms with E-state index in [0.717, 1.165) is 0 Å². The Morgan fingerprint density at radius 1 is 1.11 bits per heavy atom. The summed E-state index contributed by atoms with van der Waals surface area (Å²) in [6.45, 7) is 0.00457. The molecular weight excluding hydrogens is 353 g/mol. The van der Waals surface area contributed by atoms with E-state index in [9.17, 15) is 19.3 Å². The fourth-order valence-electron chi connectivity index (χ4n) is 2.31. The molecule has 1 heterocycles. The van der Waals surface area contributed by atoms with Crippen molar-refractivity contribution in [3.05, 3.63) is 99.8 Å². The molecule has 0 fully saturated rings. The van der Waals surface area contributed by atoms with Crippen molar-refractivity contribution in [2.24, 2.45) is 0 Å². The number of para-hydroxylation sites is 2. The second-order valence-electron chi connectivity index (χ2n) is 5.52. The Labute approximate surface area is 153 Å². The lowest BCUT2D eigenvalue weighted by molar-refractivity contribution is -0.386.